The summed E-state index contributed by atoms with van der Waals surface area (Å²) in [5.41, 5.74) is 24.1. The number of carbonyl (C=O) groups is 3. The van der Waals surface area contributed by atoms with Gasteiger partial charge in [-0.3, -0.25) is 9.59 Å². The van der Waals surface area contributed by atoms with Gasteiger partial charge in [0.05, 0.1) is 5.92 Å². The Morgan fingerprint density at radius 2 is 0.667 bits per heavy atom. The van der Waals surface area contributed by atoms with E-state index in [0.717, 1.165) is 72.8 Å². The number of nitrogens with one attached hydrogen (secondary N) is 4. The van der Waals surface area contributed by atoms with Gasteiger partial charge in [-0.15, -0.1) is 0 Å². The third-order valence-corrected chi connectivity index (χ3v) is 16.3. The quantitative estimate of drug-likeness (QED) is 0.0254. The normalized spacial score (nSPS) is 10.3. The molecule has 11 rings (SSSR count). The predicted octanol–water partition coefficient (Wildman–Crippen LogP) is 18.9. The van der Waals surface area contributed by atoms with Crippen LogP contribution < -0.4 is 27.0 Å². The number of nitrogens with two attached hydrogens (primary N) is 1. The van der Waals surface area contributed by atoms with Crippen LogP contribution in [0, 0.1) is 0 Å². The van der Waals surface area contributed by atoms with Crippen molar-refractivity contribution in [1.29, 1.82) is 0 Å². The summed E-state index contributed by atoms with van der Waals surface area (Å²) in [7, 11) is 0. The van der Waals surface area contributed by atoms with Crippen molar-refractivity contribution < 1.29 is 14.4 Å². The minimum Gasteiger partial charge on any atom is -0.385 e. The van der Waals surface area contributed by atoms with Gasteiger partial charge in [-0.1, -0.05) is 323 Å². The van der Waals surface area contributed by atoms with Gasteiger partial charge in [0.1, 0.15) is 6.29 Å². The summed E-state index contributed by atoms with van der Waals surface area (Å²) >= 11 is 5.16. The van der Waals surface area contributed by atoms with Crippen molar-refractivity contribution in [2.24, 2.45) is 5.73 Å². The average molecular weight is 1330 g/mol. The summed E-state index contributed by atoms with van der Waals surface area (Å²) < 4.78 is 0. The fraction of sp³-hybridized carbons (Fsp3) is 0.157. The molecule has 11 aromatic carbocycles. The minimum atomic E-state index is -0.407. The number of hydrogen-bond donors (Lipinski definition) is 5. The summed E-state index contributed by atoms with van der Waals surface area (Å²) in [6.07, 6.45) is 0.991. The molecule has 0 saturated carbocycles. The van der Waals surface area contributed by atoms with Crippen molar-refractivity contribution >= 4 is 29.0 Å². The first-order valence-electron chi connectivity index (χ1n) is 33.4. The molecule has 504 valence electrons. The van der Waals surface area contributed by atoms with Crippen LogP contribution in [0.4, 0.5) is 0 Å². The van der Waals surface area contributed by atoms with Crippen molar-refractivity contribution in [3.63, 3.8) is 0 Å². The molecule has 0 aliphatic heterocycles. The molecule has 99 heavy (non-hydrogen) atoms. The van der Waals surface area contributed by atoms with Gasteiger partial charge in [0.2, 0.25) is 0 Å². The van der Waals surface area contributed by atoms with Crippen LogP contribution in [0.5, 0.6) is 0 Å². The monoisotopic (exact) mass is 1330 g/mol. The van der Waals surface area contributed by atoms with Crippen LogP contribution in [0.2, 0.25) is 0 Å². The van der Waals surface area contributed by atoms with Gasteiger partial charge < -0.3 is 36.7 Å². The Morgan fingerprint density at radius 1 is 0.384 bits per heavy atom. The molecule has 1 amide bonds. The largest absolute Gasteiger partial charge is 0.385 e. The fourth-order valence-electron chi connectivity index (χ4n) is 10.7. The van der Waals surface area contributed by atoms with E-state index in [2.05, 4.69) is 223 Å². The molecule has 6 N–H and O–H groups in total. The molecule has 0 radical (unpaired) electrons. The van der Waals surface area contributed by atoms with E-state index in [1.54, 1.807) is 24.3 Å². The maximum atomic E-state index is 13.7. The summed E-state index contributed by atoms with van der Waals surface area (Å²) in [4.78, 5) is 37.2. The van der Waals surface area contributed by atoms with Crippen molar-refractivity contribution in [3.05, 3.63) is 430 Å². The molecular weight excluding hydrogens is 1240 g/mol. The lowest BCUT2D eigenvalue weighted by Gasteiger charge is -2.29. The summed E-state index contributed by atoms with van der Waals surface area (Å²) in [5, 5.41) is 12.9. The zero-order valence-corrected chi connectivity index (χ0v) is 58.0. The number of amides is 1. The molecule has 0 aromatic heterocycles. The van der Waals surface area contributed by atoms with E-state index in [0.29, 0.717) is 36.7 Å². The highest BCUT2D eigenvalue weighted by atomic mass is 35.5. The van der Waals surface area contributed by atoms with E-state index in [4.69, 9.17) is 17.3 Å². The molecule has 0 aliphatic carbocycles. The van der Waals surface area contributed by atoms with Crippen LogP contribution in [0.3, 0.4) is 0 Å². The maximum absolute atomic E-state index is 13.7. The molecule has 0 unspecified atom stereocenters. The van der Waals surface area contributed by atoms with E-state index in [1.165, 1.54) is 50.1 Å². The van der Waals surface area contributed by atoms with E-state index >= 15 is 0 Å². The van der Waals surface area contributed by atoms with Crippen molar-refractivity contribution in [1.82, 2.24) is 26.2 Å². The maximum Gasteiger partial charge on any atom is 0.254 e. The Hall–Kier alpha value is -10.9. The Morgan fingerprint density at radius 3 is 0.970 bits per heavy atom. The number of rotatable bonds is 27. The molecule has 9 nitrogen and oxygen atoms in total. The zero-order chi connectivity index (χ0) is 70.2. The highest BCUT2D eigenvalue weighted by Gasteiger charge is 2.24. The van der Waals surface area contributed by atoms with Crippen LogP contribution in [-0.2, 0) is 44.1 Å². The van der Waals surface area contributed by atoms with Gasteiger partial charge >= 0.3 is 0 Å². The molecule has 0 fully saturated rings. The number of hydrogen-bond acceptors (Lipinski definition) is 8. The standard InChI is InChI=1S/C32H32N2O.C25H28N2.C14H12O.C11H16N2.C7H5ClO/c1-25(2)33-22-26-18-20-27(21-19-26)23-34(32(35)30-16-10-5-11-17-30)24-31(28-12-6-3-7-13-28)29-14-8-4-9-15-29;1-20(2)27-18-22-15-13-21(14-16-22)17-26-19-25(23-9-5-3-6-10-23)24-11-7-4-8-12-24;15-11-14(12-7-3-1-4-8-12)13-9-5-2-6-10-13;1-9(2)13-8-11-5-3-10(7-12)4-6-11;8-7(9)6-4-2-1-3-5-6/h3-21,31,33H,1,22-24H2,2H3;3-16,25-27H,1,17-19H2,2H3;1-11,14H;3-6,13H,1,7-8,12H2,2H3;1-5H. The van der Waals surface area contributed by atoms with Gasteiger partial charge in [-0.05, 0) is 111 Å². The molecule has 0 atom stereocenters. The number of carbonyl (C=O) groups excluding carboxylic acids is 3. The highest BCUT2D eigenvalue weighted by Crippen LogP contribution is 2.29. The molecule has 0 spiro atoms. The number of aldehydes is 1. The summed E-state index contributed by atoms with van der Waals surface area (Å²) in [6.45, 7) is 23.3. The fourth-order valence-corrected chi connectivity index (χ4v) is 10.8. The number of benzene rings is 11. The number of nitrogens with zero attached hydrogens (tertiary/aromatic N) is 1. The molecule has 0 bridgehead atoms. The Labute approximate surface area is 592 Å². The van der Waals surface area contributed by atoms with Crippen molar-refractivity contribution in [2.45, 2.75) is 77.8 Å². The lowest BCUT2D eigenvalue weighted by Crippen LogP contribution is -2.34. The molecule has 0 aliphatic rings. The summed E-state index contributed by atoms with van der Waals surface area (Å²) in [5.74, 6) is 0.318. The third-order valence-electron chi connectivity index (χ3n) is 16.1. The van der Waals surface area contributed by atoms with Crippen LogP contribution in [0.25, 0.3) is 0 Å². The SMILES string of the molecule is C=C(C)NCc1ccc(CN(CC(c2ccccc2)c2ccccc2)C(=O)c2ccccc2)cc1.C=C(C)NCc1ccc(CN)cc1.C=C(C)NCc1ccc(CNCC(c2ccccc2)c2ccccc2)cc1.O=C(Cl)c1ccccc1.O=CC(c1ccccc1)c1ccccc1. The number of allylic oxidation sites excluding steroid dienone is 3. The van der Waals surface area contributed by atoms with Crippen molar-refractivity contribution in [2.75, 3.05) is 13.1 Å². The Kier molecular flexibility index (Phi) is 32.4. The van der Waals surface area contributed by atoms with E-state index in [1.807, 2.05) is 135 Å². The molecular formula is C89H93ClN6O3. The lowest BCUT2D eigenvalue weighted by molar-refractivity contribution is -0.108. The second kappa shape index (κ2) is 42.6. The van der Waals surface area contributed by atoms with Crippen LogP contribution in [0.15, 0.2) is 352 Å². The highest BCUT2D eigenvalue weighted by molar-refractivity contribution is 6.67. The van der Waals surface area contributed by atoms with Gasteiger partial charge in [0.25, 0.3) is 11.1 Å². The third kappa shape index (κ3) is 27.2. The second-order valence-corrected chi connectivity index (χ2v) is 24.4. The van der Waals surface area contributed by atoms with Crippen LogP contribution >= 0.6 is 11.6 Å². The Bertz CT molecular complexity index is 3990. The Balaban J connectivity index is 0.000000189. The van der Waals surface area contributed by atoms with Crippen LogP contribution in [0.1, 0.15) is 126 Å². The van der Waals surface area contributed by atoms with Crippen LogP contribution in [-0.4, -0.2) is 35.4 Å². The smallest absolute Gasteiger partial charge is 0.254 e. The van der Waals surface area contributed by atoms with E-state index < -0.39 is 5.24 Å². The minimum absolute atomic E-state index is 0.0375. The number of halogens is 1. The van der Waals surface area contributed by atoms with Gasteiger partial charge in [-0.2, -0.15) is 0 Å². The molecule has 10 heteroatoms. The molecule has 0 saturated heterocycles. The van der Waals surface area contributed by atoms with Gasteiger partial charge in [0, 0.05) is 92.4 Å². The van der Waals surface area contributed by atoms with Crippen molar-refractivity contribution in [3.8, 4) is 0 Å². The molecule has 11 aromatic rings. The first kappa shape index (κ1) is 75.4. The topological polar surface area (TPSA) is 129 Å². The molecule has 0 heterocycles. The zero-order valence-electron chi connectivity index (χ0n) is 57.2. The summed E-state index contributed by atoms with van der Waals surface area (Å²) in [6, 6.07) is 106. The average Bonchev–Trinajstić information content (AvgIpc) is 1.04. The predicted molar refractivity (Wildman–Crippen MR) is 412 cm³/mol. The first-order chi connectivity index (χ1) is 48.3. The van der Waals surface area contributed by atoms with E-state index in [-0.39, 0.29) is 17.7 Å². The first-order valence-corrected chi connectivity index (χ1v) is 33.8. The lowest BCUT2D eigenvalue weighted by atomic mass is 9.90. The van der Waals surface area contributed by atoms with E-state index in [9.17, 15) is 14.4 Å². The second-order valence-electron chi connectivity index (χ2n) is 24.1. The van der Waals surface area contributed by atoms with Gasteiger partial charge in [-0.25, -0.2) is 0 Å². The van der Waals surface area contributed by atoms with Gasteiger partial charge in [0.15, 0.2) is 0 Å².